The fourth-order valence-electron chi connectivity index (χ4n) is 1.66. The highest BCUT2D eigenvalue weighted by molar-refractivity contribution is 8.09. The van der Waals surface area contributed by atoms with Gasteiger partial charge in [-0.1, -0.05) is 12.1 Å². The van der Waals surface area contributed by atoms with Crippen molar-refractivity contribution in [3.63, 3.8) is 0 Å². The maximum absolute atomic E-state index is 10.5. The third-order valence-corrected chi connectivity index (χ3v) is 5.31. The molecule has 0 bridgehead atoms. The van der Waals surface area contributed by atoms with Crippen LogP contribution in [0.1, 0.15) is 30.9 Å². The van der Waals surface area contributed by atoms with Gasteiger partial charge in [-0.05, 0) is 56.2 Å². The molecule has 0 radical (unpaired) electrons. The number of nitrogens with one attached hydrogen (secondary N) is 1. The van der Waals surface area contributed by atoms with Gasteiger partial charge in [0.25, 0.3) is 0 Å². The SMILES string of the molecule is CCOP(=S)(NCCCC(=O)O)Oc1cc(C)ccc1C. The van der Waals surface area contributed by atoms with E-state index in [9.17, 15) is 4.79 Å². The molecule has 0 aliphatic carbocycles. The average Bonchev–Trinajstić information content (AvgIpc) is 2.39. The lowest BCUT2D eigenvalue weighted by Gasteiger charge is -2.24. The van der Waals surface area contributed by atoms with Gasteiger partial charge in [-0.25, -0.2) is 5.09 Å². The van der Waals surface area contributed by atoms with Crippen LogP contribution in [0.5, 0.6) is 5.75 Å². The Balaban J connectivity index is 2.72. The van der Waals surface area contributed by atoms with Crippen molar-refractivity contribution in [1.82, 2.24) is 5.09 Å². The summed E-state index contributed by atoms with van der Waals surface area (Å²) in [5, 5.41) is 11.7. The Morgan fingerprint density at radius 1 is 1.43 bits per heavy atom. The van der Waals surface area contributed by atoms with Gasteiger partial charge in [-0.3, -0.25) is 4.79 Å². The van der Waals surface area contributed by atoms with Crippen LogP contribution in [0.4, 0.5) is 0 Å². The molecule has 0 heterocycles. The van der Waals surface area contributed by atoms with E-state index in [4.69, 9.17) is 26.0 Å². The van der Waals surface area contributed by atoms with Gasteiger partial charge in [0, 0.05) is 13.0 Å². The first kappa shape index (κ1) is 18.1. The molecule has 1 unspecified atom stereocenters. The lowest BCUT2D eigenvalue weighted by atomic mass is 10.1. The second-order valence-corrected chi connectivity index (χ2v) is 7.87. The maximum atomic E-state index is 10.5. The number of aliphatic carboxylic acids is 1. The van der Waals surface area contributed by atoms with Crippen molar-refractivity contribution in [2.75, 3.05) is 13.2 Å². The van der Waals surface area contributed by atoms with Crippen molar-refractivity contribution in [1.29, 1.82) is 0 Å². The Bertz CT molecular complexity index is 536. The zero-order chi connectivity index (χ0) is 15.9. The highest BCUT2D eigenvalue weighted by Gasteiger charge is 2.20. The fourth-order valence-corrected chi connectivity index (χ4v) is 3.93. The highest BCUT2D eigenvalue weighted by Crippen LogP contribution is 2.45. The molecule has 0 spiro atoms. The van der Waals surface area contributed by atoms with E-state index in [0.717, 1.165) is 11.1 Å². The van der Waals surface area contributed by atoms with E-state index in [-0.39, 0.29) is 6.42 Å². The van der Waals surface area contributed by atoms with Gasteiger partial charge in [0.15, 0.2) is 0 Å². The predicted octanol–water partition coefficient (Wildman–Crippen LogP) is 3.40. The van der Waals surface area contributed by atoms with Crippen LogP contribution in [0, 0.1) is 13.8 Å². The summed E-state index contributed by atoms with van der Waals surface area (Å²) < 4.78 is 11.5. The molecule has 7 heteroatoms. The van der Waals surface area contributed by atoms with Crippen molar-refractivity contribution in [2.24, 2.45) is 0 Å². The topological polar surface area (TPSA) is 67.8 Å². The Morgan fingerprint density at radius 3 is 2.76 bits per heavy atom. The number of hydrogen-bond acceptors (Lipinski definition) is 4. The maximum Gasteiger partial charge on any atom is 0.312 e. The summed E-state index contributed by atoms with van der Waals surface area (Å²) in [4.78, 5) is 10.5. The molecule has 0 aliphatic heterocycles. The van der Waals surface area contributed by atoms with E-state index in [0.29, 0.717) is 25.3 Å². The minimum absolute atomic E-state index is 0.0952. The summed E-state index contributed by atoms with van der Waals surface area (Å²) in [6.45, 7) is 4.02. The summed E-state index contributed by atoms with van der Waals surface area (Å²) >= 11 is 5.47. The van der Waals surface area contributed by atoms with Crippen molar-refractivity contribution in [3.05, 3.63) is 29.3 Å². The van der Waals surface area contributed by atoms with Gasteiger partial charge in [0.2, 0.25) is 0 Å². The molecule has 0 saturated carbocycles. The molecule has 118 valence electrons. The van der Waals surface area contributed by atoms with E-state index in [1.807, 2.05) is 39.0 Å². The number of benzene rings is 1. The molecule has 1 atom stereocenters. The summed E-state index contributed by atoms with van der Waals surface area (Å²) in [5.74, 6) is -0.116. The van der Waals surface area contributed by atoms with Crippen LogP contribution in [0.15, 0.2) is 18.2 Å². The van der Waals surface area contributed by atoms with Crippen LogP contribution in [0.25, 0.3) is 0 Å². The summed E-state index contributed by atoms with van der Waals surface area (Å²) in [7, 11) is 0. The Hall–Kier alpha value is -0.940. The van der Waals surface area contributed by atoms with Crippen LogP contribution >= 0.6 is 6.64 Å². The Morgan fingerprint density at radius 2 is 2.14 bits per heavy atom. The molecule has 21 heavy (non-hydrogen) atoms. The second-order valence-electron chi connectivity index (χ2n) is 4.68. The van der Waals surface area contributed by atoms with E-state index in [1.165, 1.54) is 0 Å². The third kappa shape index (κ3) is 6.57. The zero-order valence-electron chi connectivity index (χ0n) is 12.6. The monoisotopic (exact) mass is 331 g/mol. The molecule has 5 nitrogen and oxygen atoms in total. The molecule has 1 aromatic rings. The molecule has 0 amide bonds. The van der Waals surface area contributed by atoms with E-state index in [1.54, 1.807) is 0 Å². The summed E-state index contributed by atoms with van der Waals surface area (Å²) in [6.07, 6.45) is 0.578. The van der Waals surface area contributed by atoms with Crippen LogP contribution in [-0.4, -0.2) is 24.2 Å². The van der Waals surface area contributed by atoms with Crippen molar-refractivity contribution in [2.45, 2.75) is 33.6 Å². The predicted molar refractivity (Wildman–Crippen MR) is 87.3 cm³/mol. The third-order valence-electron chi connectivity index (χ3n) is 2.73. The van der Waals surface area contributed by atoms with Gasteiger partial charge in [0.05, 0.1) is 6.61 Å². The lowest BCUT2D eigenvalue weighted by Crippen LogP contribution is -2.18. The van der Waals surface area contributed by atoms with Crippen molar-refractivity contribution >= 4 is 24.4 Å². The van der Waals surface area contributed by atoms with Gasteiger partial charge in [0.1, 0.15) is 5.75 Å². The lowest BCUT2D eigenvalue weighted by molar-refractivity contribution is -0.137. The van der Waals surface area contributed by atoms with E-state index < -0.39 is 12.6 Å². The summed E-state index contributed by atoms with van der Waals surface area (Å²) in [6, 6.07) is 5.90. The second kappa shape index (κ2) is 8.49. The van der Waals surface area contributed by atoms with Crippen LogP contribution in [0.2, 0.25) is 0 Å². The molecule has 1 aromatic carbocycles. The summed E-state index contributed by atoms with van der Waals surface area (Å²) in [5.41, 5.74) is 2.07. The van der Waals surface area contributed by atoms with Crippen LogP contribution in [0.3, 0.4) is 0 Å². The quantitative estimate of drug-likeness (QED) is 0.534. The largest absolute Gasteiger partial charge is 0.481 e. The minimum Gasteiger partial charge on any atom is -0.481 e. The average molecular weight is 331 g/mol. The van der Waals surface area contributed by atoms with Crippen LogP contribution in [-0.2, 0) is 21.1 Å². The van der Waals surface area contributed by atoms with Crippen LogP contribution < -0.4 is 9.61 Å². The molecule has 2 N–H and O–H groups in total. The number of carbonyl (C=O) groups is 1. The molecule has 0 saturated heterocycles. The highest BCUT2D eigenvalue weighted by atomic mass is 32.5. The van der Waals surface area contributed by atoms with E-state index in [2.05, 4.69) is 5.09 Å². The molecular formula is C14H22NO4PS. The smallest absolute Gasteiger partial charge is 0.312 e. The number of hydrogen-bond donors (Lipinski definition) is 2. The van der Waals surface area contributed by atoms with Gasteiger partial charge < -0.3 is 14.2 Å². The Kier molecular flexibility index (Phi) is 7.32. The molecule has 0 aromatic heterocycles. The molecule has 0 aliphatic rings. The first-order chi connectivity index (χ1) is 9.86. The van der Waals surface area contributed by atoms with Gasteiger partial charge in [-0.15, -0.1) is 0 Å². The zero-order valence-corrected chi connectivity index (χ0v) is 14.3. The minimum atomic E-state index is -2.66. The van der Waals surface area contributed by atoms with Gasteiger partial charge in [-0.2, -0.15) is 0 Å². The number of carboxylic acids is 1. The first-order valence-electron chi connectivity index (χ1n) is 6.84. The Labute approximate surface area is 130 Å². The molecular weight excluding hydrogens is 309 g/mol. The molecule has 1 rings (SSSR count). The fraction of sp³-hybridized carbons (Fsp3) is 0.500. The van der Waals surface area contributed by atoms with Crippen molar-refractivity contribution < 1.29 is 18.9 Å². The normalized spacial score (nSPS) is 13.7. The van der Waals surface area contributed by atoms with Gasteiger partial charge >= 0.3 is 12.6 Å². The van der Waals surface area contributed by atoms with E-state index >= 15 is 0 Å². The standard InChI is InChI=1S/C14H22NO4PS/c1-4-18-20(21,15-9-5-6-14(16)17)19-13-10-11(2)7-8-12(13)3/h7-8,10H,4-6,9H2,1-3H3,(H,15,21)(H,16,17). The number of rotatable bonds is 9. The number of aryl methyl sites for hydroxylation is 2. The van der Waals surface area contributed by atoms with Crippen molar-refractivity contribution in [3.8, 4) is 5.75 Å². The molecule has 0 fully saturated rings. The first-order valence-corrected chi connectivity index (χ1v) is 9.48. The number of carboxylic acid groups (broad SMARTS) is 1.